The van der Waals surface area contributed by atoms with Crippen molar-refractivity contribution in [2.75, 3.05) is 16.8 Å². The summed E-state index contributed by atoms with van der Waals surface area (Å²) in [6, 6.07) is 13.5. The molecule has 0 atom stereocenters. The third kappa shape index (κ3) is 3.28. The fraction of sp³-hybridized carbons (Fsp3) is 0.211. The van der Waals surface area contributed by atoms with E-state index < -0.39 is 0 Å². The van der Waals surface area contributed by atoms with E-state index in [-0.39, 0.29) is 11.7 Å². The van der Waals surface area contributed by atoms with Gasteiger partial charge in [-0.05, 0) is 42.8 Å². The van der Waals surface area contributed by atoms with E-state index in [1.807, 2.05) is 24.3 Å². The van der Waals surface area contributed by atoms with Gasteiger partial charge in [0.1, 0.15) is 5.82 Å². The second kappa shape index (κ2) is 6.95. The molecule has 26 heavy (non-hydrogen) atoms. The second-order valence-corrected chi connectivity index (χ2v) is 6.03. The summed E-state index contributed by atoms with van der Waals surface area (Å²) in [4.78, 5) is 13.8. The van der Waals surface area contributed by atoms with Gasteiger partial charge in [-0.2, -0.15) is 0 Å². The van der Waals surface area contributed by atoms with Crippen molar-refractivity contribution in [3.63, 3.8) is 0 Å². The number of carbonyl (C=O) groups is 1. The number of nitrogens with one attached hydrogen (secondary N) is 1. The van der Waals surface area contributed by atoms with Gasteiger partial charge in [0.05, 0.1) is 17.9 Å². The Hall–Kier alpha value is -3.22. The molecule has 132 valence electrons. The topological polar surface area (TPSA) is 71.3 Å². The van der Waals surface area contributed by atoms with Crippen molar-refractivity contribution in [2.24, 2.45) is 0 Å². The minimum absolute atomic E-state index is 0.135. The van der Waals surface area contributed by atoms with E-state index in [1.54, 1.807) is 17.0 Å². The van der Waals surface area contributed by atoms with Gasteiger partial charge in [0.15, 0.2) is 0 Å². The molecule has 0 spiro atoms. The highest BCUT2D eigenvalue weighted by Gasteiger charge is 2.23. The van der Waals surface area contributed by atoms with Crippen LogP contribution in [0.1, 0.15) is 18.7 Å². The molecule has 6 nitrogen and oxygen atoms in total. The first-order chi connectivity index (χ1) is 12.7. The van der Waals surface area contributed by atoms with Gasteiger partial charge >= 0.3 is 0 Å². The molecular weight excluding hydrogens is 335 g/mol. The zero-order valence-electron chi connectivity index (χ0n) is 14.0. The first-order valence-corrected chi connectivity index (χ1v) is 8.42. The minimum atomic E-state index is -0.316. The number of benzene rings is 2. The van der Waals surface area contributed by atoms with E-state index in [2.05, 4.69) is 15.5 Å². The summed E-state index contributed by atoms with van der Waals surface area (Å²) in [5.41, 5.74) is 2.35. The Morgan fingerprint density at radius 2 is 1.92 bits per heavy atom. The van der Waals surface area contributed by atoms with Crippen LogP contribution in [0.15, 0.2) is 52.9 Å². The van der Waals surface area contributed by atoms with Crippen LogP contribution in [-0.4, -0.2) is 22.6 Å². The molecule has 0 unspecified atom stereocenters. The van der Waals surface area contributed by atoms with Gasteiger partial charge in [-0.25, -0.2) is 4.39 Å². The van der Waals surface area contributed by atoms with Crippen LogP contribution in [-0.2, 0) is 11.3 Å². The maximum atomic E-state index is 13.0. The molecule has 2 heterocycles. The molecule has 2 aromatic carbocycles. The number of aromatic nitrogens is 2. The maximum absolute atomic E-state index is 13.0. The second-order valence-electron chi connectivity index (χ2n) is 6.03. The summed E-state index contributed by atoms with van der Waals surface area (Å²) in [7, 11) is 0. The highest BCUT2D eigenvalue weighted by atomic mass is 19.1. The predicted octanol–water partition coefficient (Wildman–Crippen LogP) is 3.61. The molecule has 1 amide bonds. The summed E-state index contributed by atoms with van der Waals surface area (Å²) in [5.74, 6) is 0.565. The molecule has 1 saturated heterocycles. The number of halogens is 1. The molecule has 1 fully saturated rings. The van der Waals surface area contributed by atoms with E-state index in [1.165, 1.54) is 12.1 Å². The summed E-state index contributed by atoms with van der Waals surface area (Å²) in [6.45, 7) is 1.06. The molecule has 1 aliphatic rings. The molecule has 0 bridgehead atoms. The molecule has 3 aromatic rings. The van der Waals surface area contributed by atoms with Crippen molar-refractivity contribution in [1.29, 1.82) is 0 Å². The van der Waals surface area contributed by atoms with Crippen LogP contribution < -0.4 is 10.2 Å². The summed E-state index contributed by atoms with van der Waals surface area (Å²) >= 11 is 0. The quantitative estimate of drug-likeness (QED) is 0.759. The Labute approximate surface area is 149 Å². The molecule has 1 N–H and O–H groups in total. The Morgan fingerprint density at radius 3 is 2.69 bits per heavy atom. The van der Waals surface area contributed by atoms with E-state index in [0.717, 1.165) is 24.3 Å². The number of hydrogen-bond donors (Lipinski definition) is 1. The molecule has 0 radical (unpaired) electrons. The lowest BCUT2D eigenvalue weighted by Crippen LogP contribution is -2.24. The van der Waals surface area contributed by atoms with Crippen LogP contribution in [0, 0.1) is 5.82 Å². The monoisotopic (exact) mass is 352 g/mol. The first-order valence-electron chi connectivity index (χ1n) is 8.42. The fourth-order valence-corrected chi connectivity index (χ4v) is 2.97. The highest BCUT2D eigenvalue weighted by molar-refractivity contribution is 5.98. The lowest BCUT2D eigenvalue weighted by molar-refractivity contribution is -0.117. The lowest BCUT2D eigenvalue weighted by atomic mass is 10.2. The summed E-state index contributed by atoms with van der Waals surface area (Å²) in [6.07, 6.45) is 1.46. The Balaban J connectivity index is 1.48. The summed E-state index contributed by atoms with van der Waals surface area (Å²) < 4.78 is 18.6. The maximum Gasteiger partial charge on any atom is 0.247 e. The van der Waals surface area contributed by atoms with Gasteiger partial charge in [-0.3, -0.25) is 4.79 Å². The highest BCUT2D eigenvalue weighted by Crippen LogP contribution is 2.29. The number of carbonyl (C=O) groups excluding carboxylic acids is 1. The van der Waals surface area contributed by atoms with E-state index in [4.69, 9.17) is 4.42 Å². The van der Waals surface area contributed by atoms with Gasteiger partial charge in [-0.1, -0.05) is 12.1 Å². The third-order valence-electron chi connectivity index (χ3n) is 4.26. The van der Waals surface area contributed by atoms with Crippen LogP contribution in [0.5, 0.6) is 0 Å². The number of hydrogen-bond acceptors (Lipinski definition) is 5. The normalized spacial score (nSPS) is 14.0. The minimum Gasteiger partial charge on any atom is -0.419 e. The van der Waals surface area contributed by atoms with Crippen LogP contribution in [0.3, 0.4) is 0 Å². The summed E-state index contributed by atoms with van der Waals surface area (Å²) in [5, 5.41) is 11.3. The lowest BCUT2D eigenvalue weighted by Gasteiger charge is -2.19. The van der Waals surface area contributed by atoms with Crippen molar-refractivity contribution in [3.05, 3.63) is 60.2 Å². The number of anilines is 2. The van der Waals surface area contributed by atoms with Gasteiger partial charge in [0, 0.05) is 18.5 Å². The largest absolute Gasteiger partial charge is 0.419 e. The van der Waals surface area contributed by atoms with Crippen molar-refractivity contribution in [2.45, 2.75) is 19.4 Å². The van der Waals surface area contributed by atoms with Crippen molar-refractivity contribution in [3.8, 4) is 11.5 Å². The standard InChI is InChI=1S/C19H17FN4O2/c20-14-9-7-13(8-10-14)19-23-22-17(26-19)12-21-15-4-1-2-5-16(15)24-11-3-6-18(24)25/h1-2,4-5,7-10,21H,3,6,11-12H2. The van der Waals surface area contributed by atoms with Crippen LogP contribution in [0.2, 0.25) is 0 Å². The predicted molar refractivity (Wildman–Crippen MR) is 95.0 cm³/mol. The SMILES string of the molecule is O=C1CCCN1c1ccccc1NCc1nnc(-c2ccc(F)cc2)o1. The molecule has 1 aromatic heterocycles. The van der Waals surface area contributed by atoms with Crippen molar-refractivity contribution < 1.29 is 13.6 Å². The van der Waals surface area contributed by atoms with Gasteiger partial charge in [0.25, 0.3) is 0 Å². The zero-order valence-corrected chi connectivity index (χ0v) is 14.0. The Morgan fingerprint density at radius 1 is 1.12 bits per heavy atom. The molecular formula is C19H17FN4O2. The van der Waals surface area contributed by atoms with Gasteiger partial charge in [0.2, 0.25) is 17.7 Å². The first kappa shape index (κ1) is 16.3. The van der Waals surface area contributed by atoms with Crippen LogP contribution in [0.4, 0.5) is 15.8 Å². The van der Waals surface area contributed by atoms with E-state index in [9.17, 15) is 9.18 Å². The molecule has 4 rings (SSSR count). The van der Waals surface area contributed by atoms with E-state index in [0.29, 0.717) is 30.3 Å². The van der Waals surface area contributed by atoms with Crippen molar-refractivity contribution >= 4 is 17.3 Å². The van der Waals surface area contributed by atoms with Crippen molar-refractivity contribution in [1.82, 2.24) is 10.2 Å². The smallest absolute Gasteiger partial charge is 0.247 e. The van der Waals surface area contributed by atoms with Gasteiger partial charge in [-0.15, -0.1) is 10.2 Å². The molecule has 1 aliphatic heterocycles. The number of rotatable bonds is 5. The van der Waals surface area contributed by atoms with E-state index >= 15 is 0 Å². The molecule has 7 heteroatoms. The van der Waals surface area contributed by atoms with Crippen LogP contribution >= 0.6 is 0 Å². The number of amides is 1. The third-order valence-corrected chi connectivity index (χ3v) is 4.26. The average Bonchev–Trinajstić information content (AvgIpc) is 3.30. The Kier molecular flexibility index (Phi) is 4.35. The zero-order chi connectivity index (χ0) is 17.9. The molecule has 0 saturated carbocycles. The van der Waals surface area contributed by atoms with Gasteiger partial charge < -0.3 is 14.6 Å². The average molecular weight is 352 g/mol. The fourth-order valence-electron chi connectivity index (χ4n) is 2.97. The Bertz CT molecular complexity index is 923. The number of para-hydroxylation sites is 2. The van der Waals surface area contributed by atoms with Crippen LogP contribution in [0.25, 0.3) is 11.5 Å². The number of nitrogens with zero attached hydrogens (tertiary/aromatic N) is 3. The molecule has 0 aliphatic carbocycles.